The number of aliphatic hydroxyl groups excluding tert-OH is 1. The summed E-state index contributed by atoms with van der Waals surface area (Å²) in [4.78, 5) is 14.3. The van der Waals surface area contributed by atoms with E-state index in [9.17, 15) is 23.4 Å². The third-order valence-corrected chi connectivity index (χ3v) is 11.9. The lowest BCUT2D eigenvalue weighted by atomic mass is 9.68. The predicted octanol–water partition coefficient (Wildman–Crippen LogP) is 5.59. The maximum Gasteiger partial charge on any atom is 0.335 e. The lowest BCUT2D eigenvalue weighted by molar-refractivity contribution is 0.0455. The number of fused-ring (bicyclic) bond motifs is 3. The number of aryl methyl sites for hydroxylation is 2. The normalized spacial score (nSPS) is 25.3. The minimum Gasteiger partial charge on any atom is -0.490 e. The first-order valence-electron chi connectivity index (χ1n) is 16.1. The van der Waals surface area contributed by atoms with Crippen LogP contribution in [-0.4, -0.2) is 55.7 Å². The molecule has 1 saturated carbocycles. The third-order valence-electron chi connectivity index (χ3n) is 10.3. The predicted molar refractivity (Wildman–Crippen MR) is 174 cm³/mol. The van der Waals surface area contributed by atoms with Gasteiger partial charge in [-0.25, -0.2) is 18.4 Å². The minimum atomic E-state index is -3.63. The minimum absolute atomic E-state index is 0.0683. The number of hydrogen-bond acceptors (Lipinski definition) is 6. The van der Waals surface area contributed by atoms with Crippen LogP contribution in [0.15, 0.2) is 48.6 Å². The van der Waals surface area contributed by atoms with E-state index in [0.29, 0.717) is 31.7 Å². The number of allylic oxidation sites excluding steroid dienone is 1. The smallest absolute Gasteiger partial charge is 0.335 e. The van der Waals surface area contributed by atoms with Gasteiger partial charge in [0.05, 0.1) is 29.2 Å². The van der Waals surface area contributed by atoms with Crippen LogP contribution in [-0.2, 0) is 21.9 Å². The topological polar surface area (TPSA) is 130 Å². The molecule has 1 aliphatic heterocycles. The highest BCUT2D eigenvalue weighted by atomic mass is 32.2. The highest BCUT2D eigenvalue weighted by molar-refractivity contribution is 7.89. The molecule has 2 aromatic carbocycles. The molecule has 4 N–H and O–H groups in total. The lowest BCUT2D eigenvalue weighted by Gasteiger charge is -2.45. The summed E-state index contributed by atoms with van der Waals surface area (Å²) in [5.41, 5.74) is 4.77. The largest absolute Gasteiger partial charge is 0.490 e. The van der Waals surface area contributed by atoms with Gasteiger partial charge in [-0.1, -0.05) is 56.2 Å². The van der Waals surface area contributed by atoms with Crippen LogP contribution in [0.4, 0.5) is 5.69 Å². The van der Waals surface area contributed by atoms with E-state index in [1.165, 1.54) is 16.7 Å². The van der Waals surface area contributed by atoms with Crippen LogP contribution in [0, 0.1) is 24.7 Å². The van der Waals surface area contributed by atoms with Crippen LogP contribution in [0.2, 0.25) is 0 Å². The van der Waals surface area contributed by atoms with Crippen molar-refractivity contribution in [2.45, 2.75) is 88.9 Å². The first-order chi connectivity index (χ1) is 20.9. The second-order valence-electron chi connectivity index (χ2n) is 13.5. The Balaban J connectivity index is 1.36. The van der Waals surface area contributed by atoms with Crippen molar-refractivity contribution in [1.82, 2.24) is 0 Å². The fourth-order valence-electron chi connectivity index (χ4n) is 7.75. The number of aromatic carboxylic acids is 1. The van der Waals surface area contributed by atoms with Gasteiger partial charge in [0.2, 0.25) is 10.0 Å². The molecule has 240 valence electrons. The van der Waals surface area contributed by atoms with Gasteiger partial charge in [-0.05, 0) is 98.9 Å². The van der Waals surface area contributed by atoms with E-state index in [2.05, 4.69) is 30.0 Å². The first kappa shape index (κ1) is 32.5. The summed E-state index contributed by atoms with van der Waals surface area (Å²) in [6.07, 6.45) is 9.89. The summed E-state index contributed by atoms with van der Waals surface area (Å²) in [5.74, 6) is -0.111. The molecule has 0 aromatic heterocycles. The molecule has 0 radical (unpaired) electrons. The van der Waals surface area contributed by atoms with Gasteiger partial charge in [-0.2, -0.15) is 0 Å². The SMILES string of the molecule is CCC[C@@H]([C@@H](C)C/C=C/[C@H](O)[C@@H]1CC[C@H]1CN1C[C@@]2(CCCc3cc(C)ccc32)COc2ccc(C(=O)O)cc21)S(N)(=O)=O. The summed E-state index contributed by atoms with van der Waals surface area (Å²) in [6, 6.07) is 11.9. The molecule has 0 bridgehead atoms. The van der Waals surface area contributed by atoms with Crippen molar-refractivity contribution in [1.29, 1.82) is 0 Å². The summed E-state index contributed by atoms with van der Waals surface area (Å²) >= 11 is 0. The number of primary sulfonamides is 1. The summed E-state index contributed by atoms with van der Waals surface area (Å²) in [5, 5.41) is 25.9. The number of nitrogens with two attached hydrogens (primary N) is 1. The molecule has 5 rings (SSSR count). The Bertz CT molecular complexity index is 1490. The van der Waals surface area contributed by atoms with Crippen LogP contribution >= 0.6 is 0 Å². The van der Waals surface area contributed by atoms with Crippen LogP contribution in [0.25, 0.3) is 0 Å². The molecular formula is C35H48N2O6S. The molecule has 44 heavy (non-hydrogen) atoms. The Morgan fingerprint density at radius 1 is 1.23 bits per heavy atom. The van der Waals surface area contributed by atoms with Crippen molar-refractivity contribution in [3.05, 3.63) is 70.8 Å². The van der Waals surface area contributed by atoms with E-state index in [1.54, 1.807) is 18.2 Å². The summed E-state index contributed by atoms with van der Waals surface area (Å²) in [6.45, 7) is 7.93. The molecule has 2 aromatic rings. The number of ether oxygens (including phenoxy) is 1. The van der Waals surface area contributed by atoms with Crippen molar-refractivity contribution >= 4 is 21.7 Å². The Morgan fingerprint density at radius 3 is 2.70 bits per heavy atom. The van der Waals surface area contributed by atoms with Gasteiger partial charge in [0.25, 0.3) is 0 Å². The maximum absolute atomic E-state index is 12.1. The van der Waals surface area contributed by atoms with Gasteiger partial charge in [0.15, 0.2) is 0 Å². The molecule has 1 spiro atoms. The van der Waals surface area contributed by atoms with E-state index in [1.807, 2.05) is 26.0 Å². The van der Waals surface area contributed by atoms with E-state index in [0.717, 1.165) is 50.8 Å². The highest BCUT2D eigenvalue weighted by Gasteiger charge is 2.44. The number of nitrogens with zero attached hydrogens (tertiary/aromatic N) is 1. The van der Waals surface area contributed by atoms with Gasteiger partial charge in [-0.15, -0.1) is 0 Å². The van der Waals surface area contributed by atoms with E-state index in [4.69, 9.17) is 9.88 Å². The number of aliphatic hydroxyl groups is 1. The van der Waals surface area contributed by atoms with E-state index < -0.39 is 27.3 Å². The van der Waals surface area contributed by atoms with Crippen LogP contribution in [0.3, 0.4) is 0 Å². The standard InChI is InChI=1S/C35H48N2O6S/c1-4-7-33(44(36,41)42)24(3)8-5-10-31(38)28-14-12-27(28)20-37-21-35(17-6-9-25-18-23(2)11-15-29(25)35)22-43-32-16-13-26(34(39)40)19-30(32)37/h5,10-11,13,15-16,18-19,24,27-28,31,33,38H,4,6-9,12,14,17,20-22H2,1-3H3,(H,39,40)(H2,36,41,42)/b10-5+/t24-,27-,28+,31-,33-,35-/m0/s1. The van der Waals surface area contributed by atoms with Crippen molar-refractivity contribution in [2.24, 2.45) is 22.9 Å². The average Bonchev–Trinajstić information content (AvgIpc) is 3.10. The molecule has 2 aliphatic carbocycles. The van der Waals surface area contributed by atoms with Crippen LogP contribution < -0.4 is 14.8 Å². The van der Waals surface area contributed by atoms with Crippen LogP contribution in [0.1, 0.15) is 85.8 Å². The fourth-order valence-corrected chi connectivity index (χ4v) is 9.07. The Morgan fingerprint density at radius 2 is 2.02 bits per heavy atom. The number of carbonyl (C=O) groups is 1. The van der Waals surface area contributed by atoms with E-state index >= 15 is 0 Å². The zero-order valence-corrected chi connectivity index (χ0v) is 27.1. The van der Waals surface area contributed by atoms with Crippen molar-refractivity contribution < 1.29 is 28.2 Å². The number of sulfonamides is 1. The molecule has 3 aliphatic rings. The Hall–Kier alpha value is -2.88. The molecule has 0 saturated heterocycles. The zero-order valence-electron chi connectivity index (χ0n) is 26.2. The zero-order chi connectivity index (χ0) is 31.6. The molecular weight excluding hydrogens is 576 g/mol. The van der Waals surface area contributed by atoms with Crippen molar-refractivity contribution in [2.75, 3.05) is 24.6 Å². The van der Waals surface area contributed by atoms with Crippen molar-refractivity contribution in [3.63, 3.8) is 0 Å². The number of carboxylic acid groups (broad SMARTS) is 1. The average molecular weight is 625 g/mol. The molecule has 9 heteroatoms. The van der Waals surface area contributed by atoms with Crippen LogP contribution in [0.5, 0.6) is 5.75 Å². The quantitative estimate of drug-likeness (QED) is 0.278. The lowest BCUT2D eigenvalue weighted by Crippen LogP contribution is -2.49. The van der Waals surface area contributed by atoms with Gasteiger partial charge < -0.3 is 19.8 Å². The van der Waals surface area contributed by atoms with Gasteiger partial charge in [0.1, 0.15) is 5.75 Å². The number of hydrogen-bond donors (Lipinski definition) is 3. The number of carboxylic acids is 1. The molecule has 0 unspecified atom stereocenters. The maximum atomic E-state index is 12.1. The number of rotatable bonds is 11. The molecule has 6 atom stereocenters. The molecule has 8 nitrogen and oxygen atoms in total. The highest BCUT2D eigenvalue weighted by Crippen LogP contribution is 2.46. The summed E-state index contributed by atoms with van der Waals surface area (Å²) in [7, 11) is -3.63. The first-order valence-corrected chi connectivity index (χ1v) is 17.7. The molecule has 0 amide bonds. The fraction of sp³-hybridized carbons (Fsp3) is 0.571. The number of benzene rings is 2. The van der Waals surface area contributed by atoms with Gasteiger partial charge >= 0.3 is 5.97 Å². The number of anilines is 1. The molecule has 1 fully saturated rings. The Kier molecular flexibility index (Phi) is 9.78. The van der Waals surface area contributed by atoms with E-state index in [-0.39, 0.29) is 28.7 Å². The molecule has 1 heterocycles. The third kappa shape index (κ3) is 6.85. The second kappa shape index (κ2) is 13.2. The monoisotopic (exact) mass is 624 g/mol. The Labute approximate surface area is 262 Å². The van der Waals surface area contributed by atoms with Gasteiger partial charge in [0, 0.05) is 18.5 Å². The van der Waals surface area contributed by atoms with Crippen molar-refractivity contribution in [3.8, 4) is 5.75 Å². The summed E-state index contributed by atoms with van der Waals surface area (Å²) < 4.78 is 30.6. The van der Waals surface area contributed by atoms with Gasteiger partial charge in [-0.3, -0.25) is 0 Å². The second-order valence-corrected chi connectivity index (χ2v) is 15.3.